The van der Waals surface area contributed by atoms with E-state index in [0.717, 1.165) is 5.56 Å². The number of rotatable bonds is 8. The largest absolute Gasteiger partial charge is 0.399 e. The van der Waals surface area contributed by atoms with Crippen molar-refractivity contribution in [1.29, 1.82) is 0 Å². The van der Waals surface area contributed by atoms with Crippen molar-refractivity contribution in [3.8, 4) is 0 Å². The van der Waals surface area contributed by atoms with E-state index < -0.39 is 0 Å². The molecule has 0 radical (unpaired) electrons. The molecule has 2 amide bonds. The van der Waals surface area contributed by atoms with E-state index in [0.29, 0.717) is 31.6 Å². The number of primary amides is 1. The molecule has 0 spiro atoms. The third-order valence-corrected chi connectivity index (χ3v) is 3.10. The molecule has 21 heavy (non-hydrogen) atoms. The minimum atomic E-state index is -0.377. The third-order valence-electron chi connectivity index (χ3n) is 3.10. The van der Waals surface area contributed by atoms with Crippen LogP contribution in [0.25, 0.3) is 0 Å². The maximum atomic E-state index is 11.5. The zero-order chi connectivity index (χ0) is 15.8. The van der Waals surface area contributed by atoms with Crippen LogP contribution < -0.4 is 11.5 Å². The Morgan fingerprint density at radius 1 is 1.24 bits per heavy atom. The van der Waals surface area contributed by atoms with Gasteiger partial charge in [-0.15, -0.1) is 0 Å². The van der Waals surface area contributed by atoms with Gasteiger partial charge in [-0.25, -0.2) is 0 Å². The molecule has 6 heteroatoms. The van der Waals surface area contributed by atoms with E-state index in [9.17, 15) is 9.59 Å². The molecular weight excluding hydrogens is 268 g/mol. The van der Waals surface area contributed by atoms with Crippen molar-refractivity contribution in [2.75, 3.05) is 32.9 Å². The standard InChI is InChI=1S/C15H24N4O2/c1-18(2)15(21)7-4-8-19(11-14(17)20)10-12-5-3-6-13(16)9-12/h3,5-6,9H,4,7-8,10-11,16H2,1-2H3,(H2,17,20). The highest BCUT2D eigenvalue weighted by molar-refractivity contribution is 5.76. The van der Waals surface area contributed by atoms with E-state index in [1.807, 2.05) is 29.2 Å². The van der Waals surface area contributed by atoms with Gasteiger partial charge in [-0.3, -0.25) is 14.5 Å². The van der Waals surface area contributed by atoms with Crippen LogP contribution in [0.3, 0.4) is 0 Å². The molecule has 116 valence electrons. The second-order valence-electron chi connectivity index (χ2n) is 5.31. The molecule has 0 atom stereocenters. The van der Waals surface area contributed by atoms with Crippen LogP contribution in [0.1, 0.15) is 18.4 Å². The van der Waals surface area contributed by atoms with Gasteiger partial charge in [0, 0.05) is 32.7 Å². The molecule has 1 aromatic rings. The van der Waals surface area contributed by atoms with Crippen molar-refractivity contribution in [2.24, 2.45) is 5.73 Å². The van der Waals surface area contributed by atoms with Gasteiger partial charge < -0.3 is 16.4 Å². The summed E-state index contributed by atoms with van der Waals surface area (Å²) in [4.78, 5) is 26.2. The predicted octanol–water partition coefficient (Wildman–Crippen LogP) is 0.425. The summed E-state index contributed by atoms with van der Waals surface area (Å²) in [6, 6.07) is 7.52. The number of carbonyl (C=O) groups excluding carboxylic acids is 2. The van der Waals surface area contributed by atoms with E-state index >= 15 is 0 Å². The van der Waals surface area contributed by atoms with Gasteiger partial charge in [-0.1, -0.05) is 12.1 Å². The van der Waals surface area contributed by atoms with Crippen LogP contribution in [-0.4, -0.2) is 48.8 Å². The Morgan fingerprint density at radius 3 is 2.52 bits per heavy atom. The lowest BCUT2D eigenvalue weighted by Gasteiger charge is -2.21. The van der Waals surface area contributed by atoms with Crippen LogP contribution >= 0.6 is 0 Å². The van der Waals surface area contributed by atoms with Crippen LogP contribution in [0.2, 0.25) is 0 Å². The Morgan fingerprint density at radius 2 is 1.95 bits per heavy atom. The Labute approximate surface area is 125 Å². The van der Waals surface area contributed by atoms with Crippen molar-refractivity contribution in [3.63, 3.8) is 0 Å². The van der Waals surface area contributed by atoms with Gasteiger partial charge in [0.1, 0.15) is 0 Å². The molecule has 0 aromatic heterocycles. The number of hydrogen-bond acceptors (Lipinski definition) is 4. The van der Waals surface area contributed by atoms with Crippen LogP contribution in [0.15, 0.2) is 24.3 Å². The summed E-state index contributed by atoms with van der Waals surface area (Å²) >= 11 is 0. The first kappa shape index (κ1) is 17.0. The molecule has 0 heterocycles. The normalized spacial score (nSPS) is 10.6. The lowest BCUT2D eigenvalue weighted by Crippen LogP contribution is -2.34. The van der Waals surface area contributed by atoms with Gasteiger partial charge in [-0.05, 0) is 30.7 Å². The van der Waals surface area contributed by atoms with Crippen LogP contribution in [-0.2, 0) is 16.1 Å². The number of anilines is 1. The van der Waals surface area contributed by atoms with Crippen molar-refractivity contribution in [3.05, 3.63) is 29.8 Å². The fourth-order valence-corrected chi connectivity index (χ4v) is 2.06. The Hall–Kier alpha value is -2.08. The monoisotopic (exact) mass is 292 g/mol. The lowest BCUT2D eigenvalue weighted by atomic mass is 10.1. The molecule has 4 N–H and O–H groups in total. The zero-order valence-corrected chi connectivity index (χ0v) is 12.7. The summed E-state index contributed by atoms with van der Waals surface area (Å²) in [6.07, 6.45) is 1.14. The molecule has 1 aromatic carbocycles. The average Bonchev–Trinajstić information content (AvgIpc) is 2.37. The molecule has 0 bridgehead atoms. The Bertz CT molecular complexity index is 488. The fraction of sp³-hybridized carbons (Fsp3) is 0.467. The summed E-state index contributed by atoms with van der Waals surface area (Å²) in [5.74, 6) is -0.296. The molecule has 1 rings (SSSR count). The second-order valence-corrected chi connectivity index (χ2v) is 5.31. The molecule has 0 aliphatic rings. The van der Waals surface area contributed by atoms with Crippen molar-refractivity contribution >= 4 is 17.5 Å². The summed E-state index contributed by atoms with van der Waals surface area (Å²) in [5, 5.41) is 0. The molecule has 0 saturated heterocycles. The fourth-order valence-electron chi connectivity index (χ4n) is 2.06. The quantitative estimate of drug-likeness (QED) is 0.679. The molecule has 0 unspecified atom stereocenters. The summed E-state index contributed by atoms with van der Waals surface area (Å²) < 4.78 is 0. The minimum Gasteiger partial charge on any atom is -0.399 e. The summed E-state index contributed by atoms with van der Waals surface area (Å²) in [7, 11) is 3.46. The number of nitrogens with zero attached hydrogens (tertiary/aromatic N) is 2. The van der Waals surface area contributed by atoms with Crippen molar-refractivity contribution in [2.45, 2.75) is 19.4 Å². The topological polar surface area (TPSA) is 92.7 Å². The summed E-state index contributed by atoms with van der Waals surface area (Å²) in [6.45, 7) is 1.40. The van der Waals surface area contributed by atoms with Gasteiger partial charge >= 0.3 is 0 Å². The maximum Gasteiger partial charge on any atom is 0.231 e. The first-order valence-electron chi connectivity index (χ1n) is 6.93. The number of amides is 2. The van der Waals surface area contributed by atoms with Crippen molar-refractivity contribution in [1.82, 2.24) is 9.80 Å². The summed E-state index contributed by atoms with van der Waals surface area (Å²) in [5.41, 5.74) is 12.7. The first-order chi connectivity index (χ1) is 9.88. The van der Waals surface area contributed by atoms with Gasteiger partial charge in [-0.2, -0.15) is 0 Å². The van der Waals surface area contributed by atoms with Crippen molar-refractivity contribution < 1.29 is 9.59 Å². The van der Waals surface area contributed by atoms with Gasteiger partial charge in [0.05, 0.1) is 6.54 Å². The lowest BCUT2D eigenvalue weighted by molar-refractivity contribution is -0.128. The van der Waals surface area contributed by atoms with E-state index in [1.165, 1.54) is 0 Å². The minimum absolute atomic E-state index is 0.0815. The molecule has 0 aliphatic carbocycles. The highest BCUT2D eigenvalue weighted by Crippen LogP contribution is 2.10. The van der Waals surface area contributed by atoms with E-state index in [2.05, 4.69) is 0 Å². The van der Waals surface area contributed by atoms with E-state index in [4.69, 9.17) is 11.5 Å². The Balaban J connectivity index is 2.55. The van der Waals surface area contributed by atoms with Crippen LogP contribution in [0.4, 0.5) is 5.69 Å². The second kappa shape index (κ2) is 8.26. The molecular formula is C15H24N4O2. The van der Waals surface area contributed by atoms with Crippen LogP contribution in [0, 0.1) is 0 Å². The molecule has 0 aliphatic heterocycles. The molecule has 6 nitrogen and oxygen atoms in total. The SMILES string of the molecule is CN(C)C(=O)CCCN(CC(N)=O)Cc1cccc(N)c1. The van der Waals surface area contributed by atoms with Gasteiger partial charge in [0.15, 0.2) is 0 Å². The molecule has 0 saturated carbocycles. The highest BCUT2D eigenvalue weighted by atomic mass is 16.2. The van der Waals surface area contributed by atoms with E-state index in [1.54, 1.807) is 19.0 Å². The number of hydrogen-bond donors (Lipinski definition) is 2. The van der Waals surface area contributed by atoms with Gasteiger partial charge in [0.2, 0.25) is 11.8 Å². The highest BCUT2D eigenvalue weighted by Gasteiger charge is 2.11. The smallest absolute Gasteiger partial charge is 0.231 e. The molecule has 0 fully saturated rings. The number of carbonyl (C=O) groups is 2. The number of benzene rings is 1. The maximum absolute atomic E-state index is 11.5. The Kier molecular flexibility index (Phi) is 6.68. The van der Waals surface area contributed by atoms with Crippen LogP contribution in [0.5, 0.6) is 0 Å². The average molecular weight is 292 g/mol. The van der Waals surface area contributed by atoms with Gasteiger partial charge in [0.25, 0.3) is 0 Å². The number of nitrogens with two attached hydrogens (primary N) is 2. The zero-order valence-electron chi connectivity index (χ0n) is 12.7. The number of nitrogen functional groups attached to an aromatic ring is 1. The van der Waals surface area contributed by atoms with E-state index in [-0.39, 0.29) is 18.4 Å². The predicted molar refractivity (Wildman–Crippen MR) is 83.3 cm³/mol. The third kappa shape index (κ3) is 6.76. The first-order valence-corrected chi connectivity index (χ1v) is 6.93.